The van der Waals surface area contributed by atoms with E-state index >= 15 is 0 Å². The maximum atomic E-state index is 10.8. The minimum atomic E-state index is -0.721. The fourth-order valence-electron chi connectivity index (χ4n) is 2.95. The molecule has 1 fully saturated rings. The third-order valence-corrected chi connectivity index (χ3v) is 4.24. The van der Waals surface area contributed by atoms with Gasteiger partial charge in [-0.1, -0.05) is 18.2 Å². The molecule has 1 heterocycles. The second kappa shape index (κ2) is 4.91. The fraction of sp³-hybridized carbons (Fsp3) is 0.438. The Morgan fingerprint density at radius 2 is 2.05 bits per heavy atom. The van der Waals surface area contributed by atoms with Gasteiger partial charge in [-0.15, -0.1) is 0 Å². The van der Waals surface area contributed by atoms with Crippen LogP contribution < -0.4 is 0 Å². The van der Waals surface area contributed by atoms with E-state index in [1.807, 2.05) is 30.3 Å². The predicted octanol–water partition coefficient (Wildman–Crippen LogP) is 3.01. The van der Waals surface area contributed by atoms with Crippen molar-refractivity contribution in [3.05, 3.63) is 42.1 Å². The van der Waals surface area contributed by atoms with Crippen LogP contribution in [0.3, 0.4) is 0 Å². The summed E-state index contributed by atoms with van der Waals surface area (Å²) in [5.41, 5.74) is 1.20. The molecule has 1 aliphatic rings. The molecule has 0 unspecified atom stereocenters. The van der Waals surface area contributed by atoms with E-state index in [1.165, 1.54) is 0 Å². The van der Waals surface area contributed by atoms with Crippen LogP contribution in [0.1, 0.15) is 31.2 Å². The summed E-state index contributed by atoms with van der Waals surface area (Å²) in [7, 11) is 1.75. The average molecular weight is 257 g/mol. The first kappa shape index (κ1) is 12.6. The molecule has 2 aromatic rings. The zero-order chi connectivity index (χ0) is 13.3. The second-order valence-electron chi connectivity index (χ2n) is 5.38. The highest BCUT2D eigenvalue weighted by Crippen LogP contribution is 2.38. The SMILES string of the molecule is COC1CCC(O)(c2ccc3cccnc3c2)CC1. The van der Waals surface area contributed by atoms with Gasteiger partial charge in [-0.25, -0.2) is 0 Å². The van der Waals surface area contributed by atoms with E-state index in [0.29, 0.717) is 6.10 Å². The van der Waals surface area contributed by atoms with Crippen LogP contribution in [0.15, 0.2) is 36.5 Å². The standard InChI is InChI=1S/C16H19NO2/c1-19-14-6-8-16(18,9-7-14)13-5-4-12-3-2-10-17-15(12)11-13/h2-5,10-11,14,18H,6-9H2,1H3. The molecular weight excluding hydrogens is 238 g/mol. The van der Waals surface area contributed by atoms with Crippen LogP contribution in [0.25, 0.3) is 10.9 Å². The molecule has 1 aliphatic carbocycles. The van der Waals surface area contributed by atoms with Gasteiger partial charge < -0.3 is 9.84 Å². The number of aliphatic hydroxyl groups is 1. The molecule has 0 spiro atoms. The van der Waals surface area contributed by atoms with E-state index in [9.17, 15) is 5.11 Å². The zero-order valence-corrected chi connectivity index (χ0v) is 11.2. The highest BCUT2D eigenvalue weighted by molar-refractivity contribution is 5.79. The van der Waals surface area contributed by atoms with Gasteiger partial charge in [-0.2, -0.15) is 0 Å². The Kier molecular flexibility index (Phi) is 3.25. The number of hydrogen-bond donors (Lipinski definition) is 1. The van der Waals surface area contributed by atoms with Gasteiger partial charge >= 0.3 is 0 Å². The summed E-state index contributed by atoms with van der Waals surface area (Å²) < 4.78 is 5.37. The Morgan fingerprint density at radius 3 is 2.79 bits per heavy atom. The number of hydrogen-bond acceptors (Lipinski definition) is 3. The van der Waals surface area contributed by atoms with E-state index < -0.39 is 5.60 Å². The summed E-state index contributed by atoms with van der Waals surface area (Å²) in [6.45, 7) is 0. The average Bonchev–Trinajstić information content (AvgIpc) is 2.47. The molecule has 0 radical (unpaired) electrons. The van der Waals surface area contributed by atoms with Crippen LogP contribution in [-0.2, 0) is 10.3 Å². The molecule has 3 rings (SSSR count). The highest BCUT2D eigenvalue weighted by Gasteiger charge is 2.34. The van der Waals surface area contributed by atoms with Crippen molar-refractivity contribution in [2.24, 2.45) is 0 Å². The summed E-state index contributed by atoms with van der Waals surface area (Å²) in [6.07, 6.45) is 5.41. The maximum Gasteiger partial charge on any atom is 0.0899 e. The van der Waals surface area contributed by atoms with Crippen molar-refractivity contribution in [1.29, 1.82) is 0 Å². The molecule has 3 nitrogen and oxygen atoms in total. The summed E-state index contributed by atoms with van der Waals surface area (Å²) in [4.78, 5) is 4.36. The molecule has 1 aromatic carbocycles. The molecule has 1 saturated carbocycles. The number of aromatic nitrogens is 1. The van der Waals surface area contributed by atoms with Crippen molar-refractivity contribution in [1.82, 2.24) is 4.98 Å². The zero-order valence-electron chi connectivity index (χ0n) is 11.2. The lowest BCUT2D eigenvalue weighted by Crippen LogP contribution is -2.33. The Morgan fingerprint density at radius 1 is 1.26 bits per heavy atom. The Balaban J connectivity index is 1.91. The van der Waals surface area contributed by atoms with Crippen LogP contribution in [-0.4, -0.2) is 23.3 Å². The van der Waals surface area contributed by atoms with Gasteiger partial charge in [-0.3, -0.25) is 4.98 Å². The van der Waals surface area contributed by atoms with Gasteiger partial charge in [0.05, 0.1) is 17.2 Å². The molecule has 1 N–H and O–H groups in total. The van der Waals surface area contributed by atoms with Crippen LogP contribution in [0, 0.1) is 0 Å². The number of methoxy groups -OCH3 is 1. The van der Waals surface area contributed by atoms with Crippen molar-refractivity contribution in [2.75, 3.05) is 7.11 Å². The largest absolute Gasteiger partial charge is 0.385 e. The van der Waals surface area contributed by atoms with E-state index in [0.717, 1.165) is 42.1 Å². The lowest BCUT2D eigenvalue weighted by atomic mass is 9.78. The number of pyridine rings is 1. The smallest absolute Gasteiger partial charge is 0.0899 e. The second-order valence-corrected chi connectivity index (χ2v) is 5.38. The van der Waals surface area contributed by atoms with E-state index in [-0.39, 0.29) is 0 Å². The molecule has 3 heteroatoms. The predicted molar refractivity (Wildman–Crippen MR) is 74.9 cm³/mol. The molecule has 0 atom stereocenters. The first-order chi connectivity index (χ1) is 9.21. The van der Waals surface area contributed by atoms with Crippen molar-refractivity contribution in [2.45, 2.75) is 37.4 Å². The van der Waals surface area contributed by atoms with Crippen LogP contribution in [0.5, 0.6) is 0 Å². The maximum absolute atomic E-state index is 10.8. The molecule has 0 bridgehead atoms. The highest BCUT2D eigenvalue weighted by atomic mass is 16.5. The Hall–Kier alpha value is -1.45. The molecule has 19 heavy (non-hydrogen) atoms. The molecule has 0 saturated heterocycles. The number of ether oxygens (including phenoxy) is 1. The van der Waals surface area contributed by atoms with Crippen LogP contribution >= 0.6 is 0 Å². The molecule has 100 valence electrons. The minimum absolute atomic E-state index is 0.291. The number of nitrogens with zero attached hydrogens (tertiary/aromatic N) is 1. The van der Waals surface area contributed by atoms with Crippen molar-refractivity contribution in [3.8, 4) is 0 Å². The van der Waals surface area contributed by atoms with Gasteiger partial charge in [0.1, 0.15) is 0 Å². The summed E-state index contributed by atoms with van der Waals surface area (Å²) in [5.74, 6) is 0. The van der Waals surface area contributed by atoms with Crippen molar-refractivity contribution >= 4 is 10.9 Å². The first-order valence-corrected chi connectivity index (χ1v) is 6.82. The van der Waals surface area contributed by atoms with Crippen molar-refractivity contribution in [3.63, 3.8) is 0 Å². The Bertz CT molecular complexity index is 574. The summed E-state index contributed by atoms with van der Waals surface area (Å²) in [6, 6.07) is 10.1. The molecule has 1 aromatic heterocycles. The fourth-order valence-corrected chi connectivity index (χ4v) is 2.95. The van der Waals surface area contributed by atoms with Crippen LogP contribution in [0.2, 0.25) is 0 Å². The third-order valence-electron chi connectivity index (χ3n) is 4.24. The lowest BCUT2D eigenvalue weighted by molar-refractivity contribution is -0.0473. The first-order valence-electron chi connectivity index (χ1n) is 6.82. The van der Waals surface area contributed by atoms with Gasteiger partial charge in [0, 0.05) is 18.7 Å². The molecule has 0 aliphatic heterocycles. The summed E-state index contributed by atoms with van der Waals surface area (Å²) >= 11 is 0. The Labute approximate surface area is 113 Å². The van der Waals surface area contributed by atoms with E-state index in [4.69, 9.17) is 4.74 Å². The number of fused-ring (bicyclic) bond motifs is 1. The van der Waals surface area contributed by atoms with Gasteiger partial charge in [0.15, 0.2) is 0 Å². The van der Waals surface area contributed by atoms with Crippen molar-refractivity contribution < 1.29 is 9.84 Å². The normalized spacial score (nSPS) is 27.6. The summed E-state index contributed by atoms with van der Waals surface area (Å²) in [5, 5.41) is 11.9. The van der Waals surface area contributed by atoms with E-state index in [1.54, 1.807) is 13.3 Å². The minimum Gasteiger partial charge on any atom is -0.385 e. The molecule has 0 amide bonds. The number of rotatable bonds is 2. The number of benzene rings is 1. The van der Waals surface area contributed by atoms with Gasteiger partial charge in [-0.05, 0) is 43.4 Å². The third kappa shape index (κ3) is 2.36. The quantitative estimate of drug-likeness (QED) is 0.899. The van der Waals surface area contributed by atoms with E-state index in [2.05, 4.69) is 4.98 Å². The van der Waals surface area contributed by atoms with Gasteiger partial charge in [0.2, 0.25) is 0 Å². The molecular formula is C16H19NO2. The van der Waals surface area contributed by atoms with Crippen LogP contribution in [0.4, 0.5) is 0 Å². The van der Waals surface area contributed by atoms with Gasteiger partial charge in [0.25, 0.3) is 0 Å². The lowest BCUT2D eigenvalue weighted by Gasteiger charge is -2.36. The topological polar surface area (TPSA) is 42.4 Å². The monoisotopic (exact) mass is 257 g/mol.